The molecule has 2 aliphatic rings. The van der Waals surface area contributed by atoms with Crippen molar-refractivity contribution >= 4 is 0 Å². The van der Waals surface area contributed by atoms with Crippen LogP contribution < -0.4 is 5.32 Å². The van der Waals surface area contributed by atoms with Crippen LogP contribution in [0.4, 0.5) is 0 Å². The highest BCUT2D eigenvalue weighted by molar-refractivity contribution is 4.93. The van der Waals surface area contributed by atoms with Gasteiger partial charge in [-0.15, -0.1) is 0 Å². The second kappa shape index (κ2) is 7.55. The van der Waals surface area contributed by atoms with Crippen LogP contribution in [0.15, 0.2) is 0 Å². The molecule has 5 heteroatoms. The fourth-order valence-electron chi connectivity index (χ4n) is 3.08. The molecule has 1 spiro atoms. The topological polar surface area (TPSA) is 49.0 Å². The maximum Gasteiger partial charge on any atom is 0.0939 e. The summed E-state index contributed by atoms with van der Waals surface area (Å²) in [6, 6.07) is 0.387. The van der Waals surface area contributed by atoms with E-state index in [-0.39, 0.29) is 5.60 Å². The first-order valence-corrected chi connectivity index (χ1v) is 7.25. The van der Waals surface area contributed by atoms with Gasteiger partial charge in [0.05, 0.1) is 32.0 Å². The molecule has 2 aliphatic heterocycles. The Kier molecular flexibility index (Phi) is 6.04. The zero-order valence-electron chi connectivity index (χ0n) is 12.2. The van der Waals surface area contributed by atoms with Crippen LogP contribution in [-0.4, -0.2) is 65.4 Å². The molecule has 3 atom stereocenters. The Hall–Kier alpha value is -0.200. The van der Waals surface area contributed by atoms with Gasteiger partial charge in [-0.2, -0.15) is 0 Å². The highest BCUT2D eigenvalue weighted by atomic mass is 16.6. The maximum atomic E-state index is 5.98. The van der Waals surface area contributed by atoms with Gasteiger partial charge in [-0.1, -0.05) is 0 Å². The van der Waals surface area contributed by atoms with Gasteiger partial charge in [-0.05, 0) is 25.8 Å². The van der Waals surface area contributed by atoms with Gasteiger partial charge in [0.1, 0.15) is 0 Å². The summed E-state index contributed by atoms with van der Waals surface area (Å²) in [6.45, 7) is 4.48. The van der Waals surface area contributed by atoms with Crippen molar-refractivity contribution in [1.82, 2.24) is 5.32 Å². The van der Waals surface area contributed by atoms with Crippen LogP contribution in [0.3, 0.4) is 0 Å². The predicted octanol–water partition coefficient (Wildman–Crippen LogP) is 0.823. The van der Waals surface area contributed by atoms with Gasteiger partial charge in [0.15, 0.2) is 0 Å². The Morgan fingerprint density at radius 3 is 2.95 bits per heavy atom. The molecule has 2 rings (SSSR count). The molecule has 2 fully saturated rings. The highest BCUT2D eigenvalue weighted by Gasteiger charge is 2.42. The van der Waals surface area contributed by atoms with E-state index in [9.17, 15) is 0 Å². The summed E-state index contributed by atoms with van der Waals surface area (Å²) in [6.07, 6.45) is 3.21. The van der Waals surface area contributed by atoms with E-state index in [1.54, 1.807) is 7.11 Å². The lowest BCUT2D eigenvalue weighted by Crippen LogP contribution is -2.48. The second-order valence-corrected chi connectivity index (χ2v) is 5.55. The zero-order valence-corrected chi connectivity index (χ0v) is 12.2. The van der Waals surface area contributed by atoms with E-state index in [1.165, 1.54) is 0 Å². The summed E-state index contributed by atoms with van der Waals surface area (Å²) in [4.78, 5) is 0. The molecule has 0 aromatic heterocycles. The largest absolute Gasteiger partial charge is 0.382 e. The molecule has 2 heterocycles. The summed E-state index contributed by atoms with van der Waals surface area (Å²) in [5, 5.41) is 3.39. The monoisotopic (exact) mass is 273 g/mol. The van der Waals surface area contributed by atoms with Crippen molar-refractivity contribution in [1.29, 1.82) is 0 Å². The first-order valence-electron chi connectivity index (χ1n) is 7.25. The Labute approximate surface area is 115 Å². The van der Waals surface area contributed by atoms with E-state index in [0.29, 0.717) is 25.2 Å². The van der Waals surface area contributed by atoms with Crippen LogP contribution in [0, 0.1) is 5.92 Å². The van der Waals surface area contributed by atoms with E-state index in [1.807, 2.05) is 7.05 Å². The van der Waals surface area contributed by atoms with Crippen molar-refractivity contribution in [3.05, 3.63) is 0 Å². The molecular formula is C14H27NO4. The van der Waals surface area contributed by atoms with Crippen LogP contribution in [0.25, 0.3) is 0 Å². The standard InChI is InChI=1S/C14H27NO4/c1-15-13(10-17-8-7-16-2)12-3-5-19-14(9-12)4-6-18-11-14/h12-13,15H,3-11H2,1-2H3. The fraction of sp³-hybridized carbons (Fsp3) is 1.00. The van der Waals surface area contributed by atoms with Gasteiger partial charge in [0.25, 0.3) is 0 Å². The Balaban J connectivity index is 1.80. The van der Waals surface area contributed by atoms with Crippen LogP contribution in [0.2, 0.25) is 0 Å². The molecule has 0 bridgehead atoms. The first-order chi connectivity index (χ1) is 9.29. The van der Waals surface area contributed by atoms with Gasteiger partial charge >= 0.3 is 0 Å². The van der Waals surface area contributed by atoms with Crippen LogP contribution in [0.1, 0.15) is 19.3 Å². The number of rotatable bonds is 7. The molecule has 0 saturated carbocycles. The molecule has 0 aromatic rings. The number of hydrogen-bond acceptors (Lipinski definition) is 5. The molecule has 2 saturated heterocycles. The van der Waals surface area contributed by atoms with Crippen molar-refractivity contribution in [3.8, 4) is 0 Å². The lowest BCUT2D eigenvalue weighted by Gasteiger charge is -2.40. The molecular weight excluding hydrogens is 246 g/mol. The van der Waals surface area contributed by atoms with Crippen molar-refractivity contribution in [2.45, 2.75) is 30.9 Å². The number of ether oxygens (including phenoxy) is 4. The third kappa shape index (κ3) is 4.13. The van der Waals surface area contributed by atoms with E-state index >= 15 is 0 Å². The molecule has 5 nitrogen and oxygen atoms in total. The summed E-state index contributed by atoms with van der Waals surface area (Å²) in [7, 11) is 3.71. The fourth-order valence-corrected chi connectivity index (χ4v) is 3.08. The molecule has 0 aromatic carbocycles. The van der Waals surface area contributed by atoms with Crippen LogP contribution >= 0.6 is 0 Å². The zero-order chi connectivity index (χ0) is 13.6. The van der Waals surface area contributed by atoms with Crippen molar-refractivity contribution in [2.24, 2.45) is 5.92 Å². The predicted molar refractivity (Wildman–Crippen MR) is 72.4 cm³/mol. The third-order valence-corrected chi connectivity index (χ3v) is 4.27. The number of methoxy groups -OCH3 is 1. The van der Waals surface area contributed by atoms with Gasteiger partial charge in [0.2, 0.25) is 0 Å². The molecule has 0 aliphatic carbocycles. The highest BCUT2D eigenvalue weighted by Crippen LogP contribution is 2.37. The lowest BCUT2D eigenvalue weighted by atomic mass is 9.81. The van der Waals surface area contributed by atoms with Crippen LogP contribution in [-0.2, 0) is 18.9 Å². The molecule has 19 heavy (non-hydrogen) atoms. The maximum absolute atomic E-state index is 5.98. The van der Waals surface area contributed by atoms with E-state index in [2.05, 4.69) is 5.32 Å². The lowest BCUT2D eigenvalue weighted by molar-refractivity contribution is -0.106. The van der Waals surface area contributed by atoms with Crippen LogP contribution in [0.5, 0.6) is 0 Å². The summed E-state index contributed by atoms with van der Waals surface area (Å²) >= 11 is 0. The average Bonchev–Trinajstić information content (AvgIpc) is 2.87. The average molecular weight is 273 g/mol. The normalized spacial score (nSPS) is 32.8. The van der Waals surface area contributed by atoms with Gasteiger partial charge in [0, 0.05) is 32.8 Å². The van der Waals surface area contributed by atoms with Gasteiger partial charge in [-0.25, -0.2) is 0 Å². The number of nitrogens with one attached hydrogen (secondary N) is 1. The van der Waals surface area contributed by atoms with Gasteiger partial charge < -0.3 is 24.3 Å². The molecule has 112 valence electrons. The van der Waals surface area contributed by atoms with Crippen molar-refractivity contribution in [3.63, 3.8) is 0 Å². The summed E-state index contributed by atoms with van der Waals surface area (Å²) in [5.74, 6) is 0.600. The third-order valence-electron chi connectivity index (χ3n) is 4.27. The van der Waals surface area contributed by atoms with E-state index in [0.717, 1.165) is 45.7 Å². The Bertz CT molecular complexity index is 256. The molecule has 1 N–H and O–H groups in total. The van der Waals surface area contributed by atoms with Gasteiger partial charge in [-0.3, -0.25) is 0 Å². The summed E-state index contributed by atoms with van der Waals surface area (Å²) < 4.78 is 22.2. The SMILES string of the molecule is CNC(COCCOC)C1CCOC2(CCOC2)C1. The van der Waals surface area contributed by atoms with Crippen molar-refractivity contribution < 1.29 is 18.9 Å². The minimum atomic E-state index is -0.0233. The number of likely N-dealkylation sites (N-methyl/N-ethyl adjacent to an activating group) is 1. The second-order valence-electron chi connectivity index (χ2n) is 5.55. The molecule has 0 radical (unpaired) electrons. The van der Waals surface area contributed by atoms with Crippen molar-refractivity contribution in [2.75, 3.05) is 53.8 Å². The Morgan fingerprint density at radius 2 is 2.26 bits per heavy atom. The smallest absolute Gasteiger partial charge is 0.0939 e. The minimum Gasteiger partial charge on any atom is -0.382 e. The number of hydrogen-bond donors (Lipinski definition) is 1. The Morgan fingerprint density at radius 1 is 1.37 bits per heavy atom. The quantitative estimate of drug-likeness (QED) is 0.696. The van der Waals surface area contributed by atoms with E-state index in [4.69, 9.17) is 18.9 Å². The van der Waals surface area contributed by atoms with E-state index < -0.39 is 0 Å². The minimum absolute atomic E-state index is 0.0233. The summed E-state index contributed by atoms with van der Waals surface area (Å²) in [5.41, 5.74) is -0.0233. The first kappa shape index (κ1) is 15.2. The molecule has 0 amide bonds. The molecule has 3 unspecified atom stereocenters.